The van der Waals surface area contributed by atoms with Crippen molar-refractivity contribution in [1.82, 2.24) is 14.9 Å². The van der Waals surface area contributed by atoms with E-state index >= 15 is 0 Å². The number of hydrogen-bond acceptors (Lipinski definition) is 5. The zero-order valence-corrected chi connectivity index (χ0v) is 19.3. The number of anilines is 1. The third-order valence-electron chi connectivity index (χ3n) is 6.36. The van der Waals surface area contributed by atoms with Crippen LogP contribution in [0.4, 0.5) is 5.95 Å². The predicted octanol–water partition coefficient (Wildman–Crippen LogP) is 4.17. The first-order valence-electron chi connectivity index (χ1n) is 11.3. The summed E-state index contributed by atoms with van der Waals surface area (Å²) in [5.74, 6) is 2.57. The number of fused-ring (bicyclic) bond motifs is 1. The molecular weight excluding hydrogens is 404 g/mol. The lowest BCUT2D eigenvalue weighted by atomic mass is 9.95. The Hall–Kier alpha value is -3.22. The smallest absolute Gasteiger partial charge is 0.223 e. The fourth-order valence-electron chi connectivity index (χ4n) is 4.54. The third-order valence-corrected chi connectivity index (χ3v) is 6.36. The number of nitrogens with zero attached hydrogens (tertiary/aromatic N) is 3. The molecule has 1 N–H and O–H groups in total. The minimum absolute atomic E-state index is 0.00948. The lowest BCUT2D eigenvalue weighted by Gasteiger charge is -2.33. The van der Waals surface area contributed by atoms with Crippen molar-refractivity contribution >= 4 is 22.9 Å². The number of para-hydroxylation sites is 2. The van der Waals surface area contributed by atoms with E-state index in [2.05, 4.69) is 39.9 Å². The maximum absolute atomic E-state index is 13.0. The van der Waals surface area contributed by atoms with E-state index in [1.807, 2.05) is 31.2 Å². The topological polar surface area (TPSA) is 68.6 Å². The van der Waals surface area contributed by atoms with Crippen molar-refractivity contribution in [2.24, 2.45) is 5.92 Å². The molecule has 7 heteroatoms. The van der Waals surface area contributed by atoms with Crippen LogP contribution in [-0.4, -0.2) is 42.8 Å². The van der Waals surface area contributed by atoms with Gasteiger partial charge in [-0.25, -0.2) is 4.98 Å². The molecule has 32 heavy (non-hydrogen) atoms. The largest absolute Gasteiger partial charge is 0.497 e. The maximum Gasteiger partial charge on any atom is 0.223 e. The van der Waals surface area contributed by atoms with Gasteiger partial charge < -0.3 is 24.3 Å². The summed E-state index contributed by atoms with van der Waals surface area (Å²) in [6, 6.07) is 13.7. The number of carbonyl (C=O) groups is 1. The Balaban J connectivity index is 1.41. The summed E-state index contributed by atoms with van der Waals surface area (Å²) in [5, 5.41) is 3.18. The standard InChI is InChI=1S/C25H32N4O3/c1-5-29-22-9-7-6-8-21(22)27-25(29)28-14-12-18(13-15-28)24(30)26-17(2)20-16-19(31-3)10-11-23(20)32-4/h6-11,16-18H,5,12-15H2,1-4H3,(H,26,30)/t17-/m1/s1. The molecule has 1 amide bonds. The molecule has 0 spiro atoms. The van der Waals surface area contributed by atoms with Crippen LogP contribution in [-0.2, 0) is 11.3 Å². The molecule has 170 valence electrons. The summed E-state index contributed by atoms with van der Waals surface area (Å²) in [5.41, 5.74) is 3.09. The van der Waals surface area contributed by atoms with Crippen LogP contribution in [0.1, 0.15) is 38.3 Å². The lowest BCUT2D eigenvalue weighted by Crippen LogP contribution is -2.42. The van der Waals surface area contributed by atoms with Crippen molar-refractivity contribution in [3.63, 3.8) is 0 Å². The number of aromatic nitrogens is 2. The first-order valence-corrected chi connectivity index (χ1v) is 11.3. The quantitative estimate of drug-likeness (QED) is 0.602. The number of methoxy groups -OCH3 is 2. The van der Waals surface area contributed by atoms with Crippen molar-refractivity contribution in [1.29, 1.82) is 0 Å². The van der Waals surface area contributed by atoms with E-state index in [4.69, 9.17) is 14.5 Å². The van der Waals surface area contributed by atoms with Gasteiger partial charge in [0.15, 0.2) is 0 Å². The highest BCUT2D eigenvalue weighted by atomic mass is 16.5. The molecule has 1 aliphatic heterocycles. The summed E-state index contributed by atoms with van der Waals surface area (Å²) in [6.45, 7) is 6.63. The summed E-state index contributed by atoms with van der Waals surface area (Å²) in [7, 11) is 3.27. The minimum atomic E-state index is -0.171. The van der Waals surface area contributed by atoms with Crippen LogP contribution >= 0.6 is 0 Å². The summed E-state index contributed by atoms with van der Waals surface area (Å²) in [6.07, 6.45) is 1.61. The molecule has 1 aromatic heterocycles. The van der Waals surface area contributed by atoms with Gasteiger partial charge in [0.2, 0.25) is 11.9 Å². The molecule has 0 saturated carbocycles. The molecule has 2 heterocycles. The van der Waals surface area contributed by atoms with Crippen molar-refractivity contribution in [2.45, 2.75) is 39.3 Å². The molecule has 1 aliphatic rings. The second kappa shape index (κ2) is 9.51. The van der Waals surface area contributed by atoms with Crippen LogP contribution in [0.2, 0.25) is 0 Å². The summed E-state index contributed by atoms with van der Waals surface area (Å²) >= 11 is 0. The van der Waals surface area contributed by atoms with E-state index in [9.17, 15) is 4.79 Å². The molecule has 1 saturated heterocycles. The Morgan fingerprint density at radius 2 is 1.91 bits per heavy atom. The number of imidazole rings is 1. The first-order chi connectivity index (χ1) is 15.5. The SMILES string of the molecule is CCn1c(N2CCC(C(=O)N[C@H](C)c3cc(OC)ccc3OC)CC2)nc2ccccc21. The summed E-state index contributed by atoms with van der Waals surface area (Å²) in [4.78, 5) is 20.2. The van der Waals surface area contributed by atoms with E-state index in [-0.39, 0.29) is 17.9 Å². The number of amides is 1. The molecule has 1 fully saturated rings. The van der Waals surface area contributed by atoms with Gasteiger partial charge in [-0.1, -0.05) is 12.1 Å². The van der Waals surface area contributed by atoms with Gasteiger partial charge in [0.05, 0.1) is 31.3 Å². The first kappa shape index (κ1) is 22.0. The molecule has 0 aliphatic carbocycles. The highest BCUT2D eigenvalue weighted by Crippen LogP contribution is 2.31. The van der Waals surface area contributed by atoms with Crippen molar-refractivity contribution in [3.8, 4) is 11.5 Å². The van der Waals surface area contributed by atoms with E-state index in [1.165, 1.54) is 0 Å². The number of aryl methyl sites for hydroxylation is 1. The van der Waals surface area contributed by atoms with Crippen molar-refractivity contribution in [2.75, 3.05) is 32.2 Å². The van der Waals surface area contributed by atoms with Gasteiger partial charge in [-0.15, -0.1) is 0 Å². The molecule has 0 unspecified atom stereocenters. The Labute approximate surface area is 189 Å². The van der Waals surface area contributed by atoms with Crippen molar-refractivity contribution in [3.05, 3.63) is 48.0 Å². The van der Waals surface area contributed by atoms with Crippen molar-refractivity contribution < 1.29 is 14.3 Å². The van der Waals surface area contributed by atoms with Gasteiger partial charge in [-0.2, -0.15) is 0 Å². The number of hydrogen-bond donors (Lipinski definition) is 1. The lowest BCUT2D eigenvalue weighted by molar-refractivity contribution is -0.126. The zero-order chi connectivity index (χ0) is 22.7. The Bertz CT molecular complexity index is 1090. The maximum atomic E-state index is 13.0. The second-order valence-corrected chi connectivity index (χ2v) is 8.24. The minimum Gasteiger partial charge on any atom is -0.497 e. The van der Waals surface area contributed by atoms with Crippen LogP contribution in [0.5, 0.6) is 11.5 Å². The average molecular weight is 437 g/mol. The normalized spacial score (nSPS) is 15.6. The zero-order valence-electron chi connectivity index (χ0n) is 19.3. The van der Waals surface area contributed by atoms with Crippen LogP contribution in [0.15, 0.2) is 42.5 Å². The van der Waals surface area contributed by atoms with Gasteiger partial charge in [0.1, 0.15) is 11.5 Å². The molecule has 2 aromatic carbocycles. The number of rotatable bonds is 7. The molecular formula is C25H32N4O3. The molecule has 3 aromatic rings. The predicted molar refractivity (Wildman–Crippen MR) is 126 cm³/mol. The molecule has 1 atom stereocenters. The van der Waals surface area contributed by atoms with Crippen LogP contribution < -0.4 is 19.7 Å². The van der Waals surface area contributed by atoms with Crippen LogP contribution in [0.25, 0.3) is 11.0 Å². The molecule has 7 nitrogen and oxygen atoms in total. The third kappa shape index (κ3) is 4.24. The van der Waals surface area contributed by atoms with Crippen LogP contribution in [0.3, 0.4) is 0 Å². The molecule has 4 rings (SSSR count). The fourth-order valence-corrected chi connectivity index (χ4v) is 4.54. The van der Waals surface area contributed by atoms with Gasteiger partial charge in [0, 0.05) is 31.1 Å². The fraction of sp³-hybridized carbons (Fsp3) is 0.440. The second-order valence-electron chi connectivity index (χ2n) is 8.24. The number of benzene rings is 2. The molecule has 0 radical (unpaired) electrons. The van der Waals surface area contributed by atoms with E-state index in [0.717, 1.165) is 66.5 Å². The van der Waals surface area contributed by atoms with Gasteiger partial charge >= 0.3 is 0 Å². The monoisotopic (exact) mass is 436 g/mol. The Kier molecular flexibility index (Phi) is 6.53. The number of piperidine rings is 1. The van der Waals surface area contributed by atoms with Gasteiger partial charge in [-0.3, -0.25) is 4.79 Å². The van der Waals surface area contributed by atoms with E-state index in [0.29, 0.717) is 0 Å². The number of ether oxygens (including phenoxy) is 2. The van der Waals surface area contributed by atoms with E-state index in [1.54, 1.807) is 14.2 Å². The number of nitrogens with one attached hydrogen (secondary N) is 1. The molecule has 0 bridgehead atoms. The van der Waals surface area contributed by atoms with E-state index < -0.39 is 0 Å². The highest BCUT2D eigenvalue weighted by Gasteiger charge is 2.28. The number of carbonyl (C=O) groups excluding carboxylic acids is 1. The van der Waals surface area contributed by atoms with Gasteiger partial charge in [-0.05, 0) is 57.0 Å². The highest BCUT2D eigenvalue weighted by molar-refractivity contribution is 5.80. The Morgan fingerprint density at radius 3 is 2.59 bits per heavy atom. The average Bonchev–Trinajstić information content (AvgIpc) is 3.22. The van der Waals surface area contributed by atoms with Gasteiger partial charge in [0.25, 0.3) is 0 Å². The van der Waals surface area contributed by atoms with Crippen LogP contribution in [0, 0.1) is 5.92 Å². The Morgan fingerprint density at radius 1 is 1.16 bits per heavy atom. The summed E-state index contributed by atoms with van der Waals surface area (Å²) < 4.78 is 13.1.